The van der Waals surface area contributed by atoms with E-state index in [1.807, 2.05) is 38.1 Å². The Labute approximate surface area is 238 Å². The van der Waals surface area contributed by atoms with Crippen LogP contribution < -0.4 is 21.1 Å². The normalized spacial score (nSPS) is 13.9. The summed E-state index contributed by atoms with van der Waals surface area (Å²) in [5.41, 5.74) is 5.30. The number of anilines is 2. The van der Waals surface area contributed by atoms with E-state index in [9.17, 15) is 9.59 Å². The lowest BCUT2D eigenvalue weighted by atomic mass is 10.0. The molecule has 5 rings (SSSR count). The second-order valence-electron chi connectivity index (χ2n) is 10.0. The van der Waals surface area contributed by atoms with Crippen molar-refractivity contribution in [3.8, 4) is 23.0 Å². The van der Waals surface area contributed by atoms with Crippen LogP contribution in [0.15, 0.2) is 47.3 Å². The fourth-order valence-electron chi connectivity index (χ4n) is 4.78. The van der Waals surface area contributed by atoms with Gasteiger partial charge in [-0.15, -0.1) is 0 Å². The number of fused-ring (bicyclic) bond motifs is 1. The number of likely N-dealkylation sites (N-methyl/N-ethyl adjacent to an activating group) is 1. The van der Waals surface area contributed by atoms with E-state index in [4.69, 9.17) is 19.7 Å². The van der Waals surface area contributed by atoms with Crippen LogP contribution in [0.2, 0.25) is 0 Å². The smallest absolute Gasteiger partial charge is 0.250 e. The minimum absolute atomic E-state index is 0.0655. The Morgan fingerprint density at radius 3 is 2.44 bits per heavy atom. The van der Waals surface area contributed by atoms with Gasteiger partial charge in [0.15, 0.2) is 0 Å². The fourth-order valence-corrected chi connectivity index (χ4v) is 4.78. The van der Waals surface area contributed by atoms with Gasteiger partial charge in [-0.05, 0) is 75.5 Å². The van der Waals surface area contributed by atoms with E-state index in [1.54, 1.807) is 43.8 Å². The van der Waals surface area contributed by atoms with E-state index in [0.717, 1.165) is 52.1 Å². The van der Waals surface area contributed by atoms with Crippen LogP contribution in [0.4, 0.5) is 11.8 Å². The first-order valence-corrected chi connectivity index (χ1v) is 13.5. The minimum atomic E-state index is -0.384. The molecule has 0 bridgehead atoms. The molecule has 10 heteroatoms. The number of aryl methyl sites for hydroxylation is 3. The SMILES string of the molecule is CN[C@@H](C)C(=O)Nc1ccc(-c2c(C)nc(N3CCOCC3)nc2C)c(C#Cc2ccc3c(ccc(=O)n3C)c2)n1. The first-order valence-electron chi connectivity index (χ1n) is 13.5. The summed E-state index contributed by atoms with van der Waals surface area (Å²) < 4.78 is 7.09. The Morgan fingerprint density at radius 2 is 1.73 bits per heavy atom. The number of amides is 1. The van der Waals surface area contributed by atoms with Crippen molar-refractivity contribution >= 4 is 28.6 Å². The third-order valence-corrected chi connectivity index (χ3v) is 7.25. The number of nitrogens with zero attached hydrogens (tertiary/aromatic N) is 5. The first kappa shape index (κ1) is 28.0. The van der Waals surface area contributed by atoms with Gasteiger partial charge in [0.2, 0.25) is 11.9 Å². The molecule has 1 amide bonds. The molecule has 2 N–H and O–H groups in total. The van der Waals surface area contributed by atoms with Crippen molar-refractivity contribution in [1.82, 2.24) is 24.8 Å². The molecule has 1 saturated heterocycles. The zero-order valence-corrected chi connectivity index (χ0v) is 23.9. The summed E-state index contributed by atoms with van der Waals surface area (Å²) in [5.74, 6) is 7.34. The lowest BCUT2D eigenvalue weighted by molar-refractivity contribution is -0.117. The fraction of sp³-hybridized carbons (Fsp3) is 0.323. The summed E-state index contributed by atoms with van der Waals surface area (Å²) in [5, 5.41) is 6.71. The monoisotopic (exact) mass is 551 g/mol. The Bertz CT molecular complexity index is 1720. The average Bonchev–Trinajstić information content (AvgIpc) is 2.98. The standard InChI is InChI=1S/C31H33N7O3/c1-19-29(20(2)34-31(33-19)38-14-16-41-17-15-38)24-9-12-27(36-30(40)21(3)32-4)35-25(24)10-6-22-7-11-26-23(18-22)8-13-28(39)37(26)5/h7-9,11-13,18,21,32H,14-17H2,1-5H3,(H,35,36,40)/t21-/m0/s1. The molecule has 1 aromatic carbocycles. The van der Waals surface area contributed by atoms with E-state index in [2.05, 4.69) is 27.4 Å². The highest BCUT2D eigenvalue weighted by molar-refractivity contribution is 5.94. The maximum absolute atomic E-state index is 12.6. The molecule has 4 aromatic rings. The van der Waals surface area contributed by atoms with Gasteiger partial charge in [0.25, 0.3) is 5.56 Å². The highest BCUT2D eigenvalue weighted by Crippen LogP contribution is 2.30. The third kappa shape index (κ3) is 5.96. The third-order valence-electron chi connectivity index (χ3n) is 7.25. The quantitative estimate of drug-likeness (QED) is 0.364. The van der Waals surface area contributed by atoms with Gasteiger partial charge in [-0.25, -0.2) is 15.0 Å². The van der Waals surface area contributed by atoms with E-state index in [-0.39, 0.29) is 17.5 Å². The van der Waals surface area contributed by atoms with Gasteiger partial charge in [0.05, 0.1) is 36.2 Å². The van der Waals surface area contributed by atoms with Crippen LogP contribution in [-0.2, 0) is 16.6 Å². The molecule has 0 spiro atoms. The minimum Gasteiger partial charge on any atom is -0.378 e. The van der Waals surface area contributed by atoms with Gasteiger partial charge < -0.3 is 24.8 Å². The molecule has 0 aliphatic carbocycles. The van der Waals surface area contributed by atoms with E-state index < -0.39 is 0 Å². The van der Waals surface area contributed by atoms with Crippen LogP contribution >= 0.6 is 0 Å². The van der Waals surface area contributed by atoms with Crippen molar-refractivity contribution in [2.24, 2.45) is 7.05 Å². The van der Waals surface area contributed by atoms with Crippen molar-refractivity contribution < 1.29 is 9.53 Å². The molecular formula is C31H33N7O3. The molecule has 1 atom stereocenters. The second kappa shape index (κ2) is 11.9. The molecule has 0 saturated carbocycles. The van der Waals surface area contributed by atoms with Crippen molar-refractivity contribution in [2.45, 2.75) is 26.8 Å². The summed E-state index contributed by atoms with van der Waals surface area (Å²) in [6, 6.07) is 12.3. The number of carbonyl (C=O) groups excluding carboxylic acids is 1. The van der Waals surface area contributed by atoms with Gasteiger partial charge in [-0.3, -0.25) is 9.59 Å². The highest BCUT2D eigenvalue weighted by atomic mass is 16.5. The summed E-state index contributed by atoms with van der Waals surface area (Å²) >= 11 is 0. The molecule has 1 aliphatic rings. The van der Waals surface area contributed by atoms with E-state index >= 15 is 0 Å². The Morgan fingerprint density at radius 1 is 1.00 bits per heavy atom. The van der Waals surface area contributed by atoms with Crippen LogP contribution in [-0.4, -0.2) is 64.8 Å². The maximum Gasteiger partial charge on any atom is 0.250 e. The molecule has 210 valence electrons. The van der Waals surface area contributed by atoms with Crippen LogP contribution in [0.5, 0.6) is 0 Å². The number of rotatable bonds is 5. The predicted octanol–water partition coefficient (Wildman–Crippen LogP) is 2.79. The zero-order valence-electron chi connectivity index (χ0n) is 23.9. The summed E-state index contributed by atoms with van der Waals surface area (Å²) in [6.07, 6.45) is 0. The lowest BCUT2D eigenvalue weighted by Gasteiger charge is -2.27. The lowest BCUT2D eigenvalue weighted by Crippen LogP contribution is -2.37. The Hall–Kier alpha value is -4.59. The number of ether oxygens (including phenoxy) is 1. The Balaban J connectivity index is 1.58. The number of benzene rings is 1. The molecule has 0 radical (unpaired) electrons. The molecule has 0 unspecified atom stereocenters. The van der Waals surface area contributed by atoms with Gasteiger partial charge in [0.1, 0.15) is 11.5 Å². The van der Waals surface area contributed by atoms with Gasteiger partial charge in [0, 0.05) is 42.9 Å². The molecule has 4 heterocycles. The maximum atomic E-state index is 12.6. The first-order chi connectivity index (χ1) is 19.7. The molecule has 1 aliphatic heterocycles. The largest absolute Gasteiger partial charge is 0.378 e. The van der Waals surface area contributed by atoms with Gasteiger partial charge in [-0.1, -0.05) is 5.92 Å². The number of aromatic nitrogens is 4. The molecule has 1 fully saturated rings. The summed E-state index contributed by atoms with van der Waals surface area (Å²) in [7, 11) is 3.48. The van der Waals surface area contributed by atoms with Crippen LogP contribution in [0, 0.1) is 25.7 Å². The van der Waals surface area contributed by atoms with Crippen LogP contribution in [0.25, 0.3) is 22.0 Å². The Kier molecular flexibility index (Phi) is 8.10. The van der Waals surface area contributed by atoms with Gasteiger partial charge >= 0.3 is 0 Å². The number of nitrogens with one attached hydrogen (secondary N) is 2. The molecular weight excluding hydrogens is 518 g/mol. The summed E-state index contributed by atoms with van der Waals surface area (Å²) in [6.45, 7) is 8.49. The number of hydrogen-bond donors (Lipinski definition) is 2. The number of carbonyl (C=O) groups is 1. The molecule has 3 aromatic heterocycles. The zero-order chi connectivity index (χ0) is 29.1. The van der Waals surface area contributed by atoms with Crippen molar-refractivity contribution in [2.75, 3.05) is 43.6 Å². The highest BCUT2D eigenvalue weighted by Gasteiger charge is 2.20. The number of hydrogen-bond acceptors (Lipinski definition) is 8. The van der Waals surface area contributed by atoms with Crippen molar-refractivity contribution in [3.63, 3.8) is 0 Å². The van der Waals surface area contributed by atoms with Gasteiger partial charge in [-0.2, -0.15) is 0 Å². The molecule has 10 nitrogen and oxygen atoms in total. The second-order valence-corrected chi connectivity index (χ2v) is 10.0. The van der Waals surface area contributed by atoms with Crippen LogP contribution in [0.1, 0.15) is 29.6 Å². The van der Waals surface area contributed by atoms with Crippen molar-refractivity contribution in [3.05, 3.63) is 75.5 Å². The average molecular weight is 552 g/mol. The van der Waals surface area contributed by atoms with E-state index in [0.29, 0.717) is 30.7 Å². The summed E-state index contributed by atoms with van der Waals surface area (Å²) in [4.78, 5) is 41.1. The number of morpholine rings is 1. The predicted molar refractivity (Wildman–Crippen MR) is 160 cm³/mol. The topological polar surface area (TPSA) is 114 Å². The van der Waals surface area contributed by atoms with E-state index in [1.165, 1.54) is 0 Å². The van der Waals surface area contributed by atoms with Crippen molar-refractivity contribution in [1.29, 1.82) is 0 Å². The number of pyridine rings is 2. The van der Waals surface area contributed by atoms with Crippen LogP contribution in [0.3, 0.4) is 0 Å². The molecule has 41 heavy (non-hydrogen) atoms.